The van der Waals surface area contributed by atoms with Crippen molar-refractivity contribution in [3.8, 4) is 0 Å². The van der Waals surface area contributed by atoms with E-state index in [2.05, 4.69) is 5.32 Å². The molecule has 122 valence electrons. The van der Waals surface area contributed by atoms with E-state index in [1.165, 1.54) is 0 Å². The molecular weight excluding hydrogens is 310 g/mol. The lowest BCUT2D eigenvalue weighted by Gasteiger charge is -2.35. The first kappa shape index (κ1) is 18.6. The molecule has 0 bridgehead atoms. The number of carbonyl (C=O) groups is 2. The third-order valence-corrected chi connectivity index (χ3v) is 5.18. The lowest BCUT2D eigenvalue weighted by atomic mass is 10.0. The lowest BCUT2D eigenvalue weighted by molar-refractivity contribution is -0.144. The number of carbonyl (C=O) groups excluding carboxylic acids is 2. The van der Waals surface area contributed by atoms with Crippen molar-refractivity contribution in [1.29, 1.82) is 0 Å². The summed E-state index contributed by atoms with van der Waals surface area (Å²) in [6.07, 6.45) is 3.40. The molecule has 21 heavy (non-hydrogen) atoms. The van der Waals surface area contributed by atoms with Gasteiger partial charge in [-0.3, -0.25) is 9.59 Å². The van der Waals surface area contributed by atoms with Crippen molar-refractivity contribution in [2.75, 3.05) is 31.8 Å². The monoisotopic (exact) mass is 335 g/mol. The topological polar surface area (TPSA) is 52.7 Å². The number of likely N-dealkylation sites (tertiary alicyclic amines) is 1. The van der Waals surface area contributed by atoms with Crippen molar-refractivity contribution in [2.24, 2.45) is 0 Å². The van der Waals surface area contributed by atoms with Gasteiger partial charge in [0.05, 0.1) is 5.88 Å². The van der Waals surface area contributed by atoms with E-state index in [1.807, 2.05) is 18.9 Å². The van der Waals surface area contributed by atoms with Gasteiger partial charge in [-0.05, 0) is 26.3 Å². The Bertz CT molecular complexity index is 362. The zero-order valence-corrected chi connectivity index (χ0v) is 14.5. The highest BCUT2D eigenvalue weighted by Crippen LogP contribution is 2.24. The second-order valence-corrected chi connectivity index (χ2v) is 6.52. The average molecular weight is 336 g/mol. The van der Waals surface area contributed by atoms with Crippen LogP contribution in [0.5, 0.6) is 0 Å². The summed E-state index contributed by atoms with van der Waals surface area (Å²) in [7, 11) is 1.97. The summed E-state index contributed by atoms with van der Waals surface area (Å²) in [6.45, 7) is 3.61. The minimum Gasteiger partial charge on any atom is -0.341 e. The normalized spacial score (nSPS) is 23.0. The molecule has 0 radical (unpaired) electrons. The van der Waals surface area contributed by atoms with Crippen LogP contribution in [0.1, 0.15) is 32.6 Å². The van der Waals surface area contributed by atoms with Gasteiger partial charge in [0, 0.05) is 31.3 Å². The van der Waals surface area contributed by atoms with Gasteiger partial charge in [-0.15, -0.1) is 24.2 Å². The molecule has 1 unspecified atom stereocenters. The van der Waals surface area contributed by atoms with E-state index >= 15 is 0 Å². The predicted octanol–water partition coefficient (Wildman–Crippen LogP) is 1.32. The quantitative estimate of drug-likeness (QED) is 0.842. The fraction of sp³-hybridized carbons (Fsp3) is 0.857. The first-order valence-corrected chi connectivity index (χ1v) is 8.66. The van der Waals surface area contributed by atoms with Crippen molar-refractivity contribution < 1.29 is 9.59 Å². The molecule has 0 aromatic heterocycles. The summed E-state index contributed by atoms with van der Waals surface area (Å²) in [4.78, 5) is 28.4. The molecule has 1 N–H and O–H groups in total. The van der Waals surface area contributed by atoms with Crippen LogP contribution in [-0.4, -0.2) is 65.5 Å². The van der Waals surface area contributed by atoms with Crippen LogP contribution in [0.15, 0.2) is 0 Å². The Morgan fingerprint density at radius 3 is 2.52 bits per heavy atom. The summed E-state index contributed by atoms with van der Waals surface area (Å²) >= 11 is 1.69. The number of halogens is 1. The Morgan fingerprint density at radius 2 is 1.95 bits per heavy atom. The fourth-order valence-corrected chi connectivity index (χ4v) is 4.02. The summed E-state index contributed by atoms with van der Waals surface area (Å²) in [5.41, 5.74) is 0. The molecule has 0 aromatic carbocycles. The third kappa shape index (κ3) is 4.50. The first-order valence-electron chi connectivity index (χ1n) is 7.50. The number of piperidine rings is 1. The summed E-state index contributed by atoms with van der Waals surface area (Å²) in [5, 5.41) is 3.27. The minimum atomic E-state index is -0.231. The van der Waals surface area contributed by atoms with E-state index < -0.39 is 0 Å². The Balaban J connectivity index is 0.00000220. The first-order chi connectivity index (χ1) is 9.67. The highest BCUT2D eigenvalue weighted by atomic mass is 35.5. The van der Waals surface area contributed by atoms with Gasteiger partial charge in [-0.1, -0.05) is 6.92 Å². The standard InChI is InChI=1S/C14H25N3O2S.ClH/c1-3-4-13(18)17-10-20-9-12(17)14(19)16-7-5-11(15-2)6-8-16;/h11-12,15H,3-10H2,1-2H3;1H. The molecule has 2 heterocycles. The van der Waals surface area contributed by atoms with E-state index in [1.54, 1.807) is 16.7 Å². The molecule has 2 rings (SSSR count). The van der Waals surface area contributed by atoms with Crippen LogP contribution in [0.4, 0.5) is 0 Å². The van der Waals surface area contributed by atoms with Crippen LogP contribution in [-0.2, 0) is 9.59 Å². The van der Waals surface area contributed by atoms with Crippen LogP contribution in [0.25, 0.3) is 0 Å². The Hall–Kier alpha value is -0.460. The molecule has 0 aromatic rings. The number of nitrogens with zero attached hydrogens (tertiary/aromatic N) is 2. The highest BCUT2D eigenvalue weighted by Gasteiger charge is 2.37. The molecule has 1 atom stereocenters. The number of nitrogens with one attached hydrogen (secondary N) is 1. The molecule has 0 aliphatic carbocycles. The molecule has 0 spiro atoms. The van der Waals surface area contributed by atoms with Gasteiger partial charge >= 0.3 is 0 Å². The number of rotatable bonds is 4. The molecule has 2 aliphatic rings. The Labute approximate surface area is 137 Å². The van der Waals surface area contributed by atoms with Crippen molar-refractivity contribution in [3.05, 3.63) is 0 Å². The SMILES string of the molecule is CCCC(=O)N1CSCC1C(=O)N1CCC(NC)CC1.Cl. The lowest BCUT2D eigenvalue weighted by Crippen LogP contribution is -2.52. The van der Waals surface area contributed by atoms with Crippen LogP contribution < -0.4 is 5.32 Å². The maximum atomic E-state index is 12.6. The summed E-state index contributed by atoms with van der Waals surface area (Å²) in [5.74, 6) is 1.69. The van der Waals surface area contributed by atoms with E-state index in [9.17, 15) is 9.59 Å². The van der Waals surface area contributed by atoms with Crippen LogP contribution >= 0.6 is 24.2 Å². The van der Waals surface area contributed by atoms with Crippen LogP contribution in [0.2, 0.25) is 0 Å². The Morgan fingerprint density at radius 1 is 1.29 bits per heavy atom. The van der Waals surface area contributed by atoms with Gasteiger partial charge in [0.2, 0.25) is 11.8 Å². The highest BCUT2D eigenvalue weighted by molar-refractivity contribution is 7.99. The summed E-state index contributed by atoms with van der Waals surface area (Å²) < 4.78 is 0. The van der Waals surface area contributed by atoms with Crippen LogP contribution in [0, 0.1) is 0 Å². The van der Waals surface area contributed by atoms with E-state index in [0.29, 0.717) is 18.3 Å². The van der Waals surface area contributed by atoms with Gasteiger partial charge in [-0.2, -0.15) is 0 Å². The van der Waals surface area contributed by atoms with E-state index in [4.69, 9.17) is 0 Å². The predicted molar refractivity (Wildman–Crippen MR) is 88.8 cm³/mol. The van der Waals surface area contributed by atoms with Crippen molar-refractivity contribution in [2.45, 2.75) is 44.7 Å². The van der Waals surface area contributed by atoms with E-state index in [0.717, 1.165) is 38.1 Å². The molecule has 2 amide bonds. The molecule has 2 fully saturated rings. The molecule has 5 nitrogen and oxygen atoms in total. The van der Waals surface area contributed by atoms with Gasteiger partial charge in [0.1, 0.15) is 6.04 Å². The average Bonchev–Trinajstić information content (AvgIpc) is 2.96. The zero-order chi connectivity index (χ0) is 14.5. The number of thioether (sulfide) groups is 1. The largest absolute Gasteiger partial charge is 0.341 e. The van der Waals surface area contributed by atoms with Gasteiger partial charge in [0.25, 0.3) is 0 Å². The maximum Gasteiger partial charge on any atom is 0.246 e. The third-order valence-electron chi connectivity index (χ3n) is 4.17. The molecule has 2 saturated heterocycles. The summed E-state index contributed by atoms with van der Waals surface area (Å²) in [6, 6.07) is 0.292. The fourth-order valence-electron chi connectivity index (χ4n) is 2.85. The second kappa shape index (κ2) is 8.86. The van der Waals surface area contributed by atoms with Crippen molar-refractivity contribution >= 4 is 36.0 Å². The van der Waals surface area contributed by atoms with E-state index in [-0.39, 0.29) is 30.3 Å². The van der Waals surface area contributed by atoms with Crippen molar-refractivity contribution in [3.63, 3.8) is 0 Å². The smallest absolute Gasteiger partial charge is 0.246 e. The van der Waals surface area contributed by atoms with Crippen molar-refractivity contribution in [1.82, 2.24) is 15.1 Å². The molecule has 2 aliphatic heterocycles. The second-order valence-electron chi connectivity index (χ2n) is 5.52. The van der Waals surface area contributed by atoms with Gasteiger partial charge in [0.15, 0.2) is 0 Å². The number of hydrogen-bond donors (Lipinski definition) is 1. The number of hydrogen-bond acceptors (Lipinski definition) is 4. The maximum absolute atomic E-state index is 12.6. The van der Waals surface area contributed by atoms with Gasteiger partial charge in [-0.25, -0.2) is 0 Å². The van der Waals surface area contributed by atoms with Gasteiger partial charge < -0.3 is 15.1 Å². The molecule has 7 heteroatoms. The van der Waals surface area contributed by atoms with Crippen LogP contribution in [0.3, 0.4) is 0 Å². The zero-order valence-electron chi connectivity index (χ0n) is 12.8. The number of amides is 2. The minimum absolute atomic E-state index is 0. The molecular formula is C14H26ClN3O2S. The Kier molecular flexibility index (Phi) is 7.84. The molecule has 0 saturated carbocycles.